The van der Waals surface area contributed by atoms with Gasteiger partial charge in [-0.25, -0.2) is 4.98 Å². The Labute approximate surface area is 211 Å². The summed E-state index contributed by atoms with van der Waals surface area (Å²) in [5.41, 5.74) is 13.0. The van der Waals surface area contributed by atoms with E-state index in [1.807, 2.05) is 60.8 Å². The molecule has 0 aliphatic heterocycles. The summed E-state index contributed by atoms with van der Waals surface area (Å²) in [6.07, 6.45) is 0.914. The van der Waals surface area contributed by atoms with E-state index in [1.54, 1.807) is 11.8 Å². The van der Waals surface area contributed by atoms with E-state index in [1.165, 1.54) is 11.3 Å². The van der Waals surface area contributed by atoms with Crippen molar-refractivity contribution in [2.75, 3.05) is 31.7 Å². The van der Waals surface area contributed by atoms with Crippen LogP contribution in [0, 0.1) is 10.1 Å². The van der Waals surface area contributed by atoms with Gasteiger partial charge in [0.2, 0.25) is 5.13 Å². The Balaban J connectivity index is 1.54. The number of thioether (sulfide) groups is 1. The van der Waals surface area contributed by atoms with Crippen molar-refractivity contribution in [3.05, 3.63) is 75.4 Å². The number of hydrogen-bond acceptors (Lipinski definition) is 10. The van der Waals surface area contributed by atoms with Crippen molar-refractivity contribution in [3.63, 3.8) is 0 Å². The average molecular weight is 517 g/mol. The molecule has 0 amide bonds. The Bertz CT molecular complexity index is 1180. The first-order valence-electron chi connectivity index (χ1n) is 10.6. The Morgan fingerprint density at radius 3 is 2.86 bits per heavy atom. The molecular weight excluding hydrogens is 488 g/mol. The van der Waals surface area contributed by atoms with Crippen LogP contribution in [0.5, 0.6) is 0 Å². The van der Waals surface area contributed by atoms with Crippen LogP contribution >= 0.6 is 23.1 Å². The van der Waals surface area contributed by atoms with Crippen LogP contribution < -0.4 is 22.1 Å². The van der Waals surface area contributed by atoms with Crippen molar-refractivity contribution in [2.24, 2.45) is 16.5 Å². The zero-order valence-corrected chi connectivity index (χ0v) is 21.1. The third-order valence-corrected chi connectivity index (χ3v) is 6.10. The first kappa shape index (κ1) is 26.1. The third kappa shape index (κ3) is 8.96. The summed E-state index contributed by atoms with van der Waals surface area (Å²) in [6.45, 7) is 1.30. The number of aliphatic imine (C=N–C) groups is 1. The van der Waals surface area contributed by atoms with Gasteiger partial charge in [-0.1, -0.05) is 12.1 Å². The van der Waals surface area contributed by atoms with E-state index in [4.69, 9.17) is 15.9 Å². The molecule has 0 radical (unpaired) electrons. The van der Waals surface area contributed by atoms with Crippen LogP contribution in [0.15, 0.2) is 63.2 Å². The van der Waals surface area contributed by atoms with Gasteiger partial charge in [-0.15, -0.1) is 11.3 Å². The molecule has 2 heterocycles. The molecule has 13 heteroatoms. The van der Waals surface area contributed by atoms with Crippen LogP contribution in [-0.2, 0) is 12.3 Å². The van der Waals surface area contributed by atoms with E-state index in [0.717, 1.165) is 41.3 Å². The van der Waals surface area contributed by atoms with Gasteiger partial charge in [-0.2, -0.15) is 16.8 Å². The van der Waals surface area contributed by atoms with E-state index in [2.05, 4.69) is 20.6 Å². The molecule has 0 saturated heterocycles. The molecule has 0 spiro atoms. The fourth-order valence-corrected chi connectivity index (χ4v) is 4.49. The number of nitrogens with two attached hydrogens (primary N) is 2. The lowest BCUT2D eigenvalue weighted by molar-refractivity contribution is -0.403. The maximum absolute atomic E-state index is 11.1. The van der Waals surface area contributed by atoms with Gasteiger partial charge in [0.15, 0.2) is 11.8 Å². The second-order valence-electron chi connectivity index (χ2n) is 7.67. The molecule has 0 bridgehead atoms. The van der Waals surface area contributed by atoms with Crippen LogP contribution in [-0.4, -0.2) is 47.2 Å². The molecule has 2 aromatic heterocycles. The SMILES string of the molecule is CN(C)Cc1ccc(CSCCN/C(=C\[N+](=O)[O-])Nc2cccc(-c3csc(N=C(N)N)n3)c2)o1. The molecule has 0 aliphatic rings. The zero-order chi connectivity index (χ0) is 25.2. The normalized spacial score (nSPS) is 11.5. The van der Waals surface area contributed by atoms with Crippen molar-refractivity contribution in [1.82, 2.24) is 15.2 Å². The highest BCUT2D eigenvalue weighted by Crippen LogP contribution is 2.28. The van der Waals surface area contributed by atoms with Crippen LogP contribution in [0.1, 0.15) is 11.5 Å². The van der Waals surface area contributed by atoms with Gasteiger partial charge in [0, 0.05) is 28.9 Å². The first-order chi connectivity index (χ1) is 16.8. The van der Waals surface area contributed by atoms with Crippen molar-refractivity contribution >= 4 is 39.9 Å². The highest BCUT2D eigenvalue weighted by Gasteiger charge is 2.08. The van der Waals surface area contributed by atoms with E-state index in [-0.39, 0.29) is 5.96 Å². The molecule has 35 heavy (non-hydrogen) atoms. The second kappa shape index (κ2) is 12.8. The van der Waals surface area contributed by atoms with Crippen LogP contribution in [0.2, 0.25) is 0 Å². The van der Waals surface area contributed by atoms with Gasteiger partial charge in [0.25, 0.3) is 6.20 Å². The fraction of sp³-hybridized carbons (Fsp3) is 0.273. The third-order valence-electron chi connectivity index (χ3n) is 4.38. The number of nitrogens with one attached hydrogen (secondary N) is 2. The van der Waals surface area contributed by atoms with Crippen LogP contribution in [0.4, 0.5) is 10.8 Å². The minimum Gasteiger partial charge on any atom is -0.464 e. The summed E-state index contributed by atoms with van der Waals surface area (Å²) in [5.74, 6) is 3.54. The molecular formula is C22H28N8O3S2. The molecule has 3 rings (SSSR count). The lowest BCUT2D eigenvalue weighted by Crippen LogP contribution is -2.23. The van der Waals surface area contributed by atoms with E-state index >= 15 is 0 Å². The van der Waals surface area contributed by atoms with E-state index in [0.29, 0.717) is 28.9 Å². The molecule has 1 aromatic carbocycles. The van der Waals surface area contributed by atoms with Gasteiger partial charge in [0.05, 0.1) is 22.9 Å². The number of aromatic nitrogens is 1. The Kier molecular flexibility index (Phi) is 9.52. The molecule has 6 N–H and O–H groups in total. The zero-order valence-electron chi connectivity index (χ0n) is 19.4. The van der Waals surface area contributed by atoms with Gasteiger partial charge in [0.1, 0.15) is 11.5 Å². The highest BCUT2D eigenvalue weighted by molar-refractivity contribution is 7.98. The smallest absolute Gasteiger partial charge is 0.274 e. The van der Waals surface area contributed by atoms with Crippen LogP contribution in [0.3, 0.4) is 0 Å². The number of thiazole rings is 1. The number of nitrogens with zero attached hydrogens (tertiary/aromatic N) is 4. The topological polar surface area (TPSA) is 161 Å². The summed E-state index contributed by atoms with van der Waals surface area (Å²) in [7, 11) is 3.99. The minimum absolute atomic E-state index is 0.0571. The maximum Gasteiger partial charge on any atom is 0.274 e. The van der Waals surface area contributed by atoms with Crippen molar-refractivity contribution in [1.29, 1.82) is 0 Å². The fourth-order valence-electron chi connectivity index (χ4n) is 3.03. The summed E-state index contributed by atoms with van der Waals surface area (Å²) >= 11 is 3.00. The Hall–Kier alpha value is -3.55. The predicted molar refractivity (Wildman–Crippen MR) is 142 cm³/mol. The highest BCUT2D eigenvalue weighted by atomic mass is 32.2. The number of benzene rings is 1. The quantitative estimate of drug-likeness (QED) is 0.0871. The van der Waals surface area contributed by atoms with Gasteiger partial charge in [-0.05, 0) is 38.4 Å². The van der Waals surface area contributed by atoms with E-state index in [9.17, 15) is 10.1 Å². The van der Waals surface area contributed by atoms with Crippen molar-refractivity contribution in [2.45, 2.75) is 12.3 Å². The molecule has 0 atom stereocenters. The number of furan rings is 1. The number of anilines is 1. The largest absolute Gasteiger partial charge is 0.464 e. The summed E-state index contributed by atoms with van der Waals surface area (Å²) in [6, 6.07) is 11.4. The lowest BCUT2D eigenvalue weighted by Gasteiger charge is -2.12. The minimum atomic E-state index is -0.497. The van der Waals surface area contributed by atoms with Crippen molar-refractivity contribution in [3.8, 4) is 11.3 Å². The molecule has 0 saturated carbocycles. The monoisotopic (exact) mass is 516 g/mol. The van der Waals surface area contributed by atoms with E-state index < -0.39 is 4.92 Å². The first-order valence-corrected chi connectivity index (χ1v) is 12.6. The predicted octanol–water partition coefficient (Wildman–Crippen LogP) is 3.38. The number of nitro groups is 1. The standard InChI is InChI=1S/C22H28N8O3S2/c1-29(2)11-17-6-7-18(33-17)13-34-9-8-25-20(12-30(31)32)26-16-5-3-4-15(10-16)19-14-35-22(27-19)28-21(23)24/h3-7,10,12,14,25-26H,8-9,11,13H2,1-2H3,(H4,23,24,27,28)/b20-12+. The number of rotatable bonds is 13. The molecule has 3 aromatic rings. The van der Waals surface area contributed by atoms with Gasteiger partial charge < -0.3 is 31.4 Å². The molecule has 0 unspecified atom stereocenters. The average Bonchev–Trinajstić information content (AvgIpc) is 3.42. The summed E-state index contributed by atoms with van der Waals surface area (Å²) < 4.78 is 5.80. The lowest BCUT2D eigenvalue weighted by atomic mass is 10.1. The Morgan fingerprint density at radius 1 is 1.31 bits per heavy atom. The maximum atomic E-state index is 11.1. The summed E-state index contributed by atoms with van der Waals surface area (Å²) in [4.78, 5) is 21.0. The van der Waals surface area contributed by atoms with Crippen molar-refractivity contribution < 1.29 is 9.34 Å². The second-order valence-corrected chi connectivity index (χ2v) is 9.61. The number of guanidine groups is 1. The number of hydrogen-bond donors (Lipinski definition) is 4. The molecule has 0 fully saturated rings. The van der Waals surface area contributed by atoms with Crippen LogP contribution in [0.25, 0.3) is 11.3 Å². The summed E-state index contributed by atoms with van der Waals surface area (Å²) in [5, 5.41) is 19.6. The molecule has 11 nitrogen and oxygen atoms in total. The molecule has 186 valence electrons. The van der Waals surface area contributed by atoms with Gasteiger partial charge >= 0.3 is 0 Å². The molecule has 0 aliphatic carbocycles. The Morgan fingerprint density at radius 2 is 2.11 bits per heavy atom. The van der Waals surface area contributed by atoms with Gasteiger partial charge in [-0.3, -0.25) is 10.1 Å².